The lowest BCUT2D eigenvalue weighted by atomic mass is 10.1. The molecular weight excluding hydrogens is 126 g/mol. The molecule has 0 spiro atoms. The average Bonchev–Trinajstić information content (AvgIpc) is 1.88. The molecule has 0 radical (unpaired) electrons. The molecule has 0 rings (SSSR count). The van der Waals surface area contributed by atoms with Crippen LogP contribution in [0.5, 0.6) is 0 Å². The normalized spacial score (nSPS) is 11.0. The Hall–Kier alpha value is -0.920. The smallest absolute Gasteiger partial charge is 0.151 e. The van der Waals surface area contributed by atoms with Gasteiger partial charge in [-0.05, 0) is 20.8 Å². The third-order valence-corrected chi connectivity index (χ3v) is 1.38. The van der Waals surface area contributed by atoms with Crippen molar-refractivity contribution < 1.29 is 4.79 Å². The van der Waals surface area contributed by atoms with Crippen molar-refractivity contribution in [3.63, 3.8) is 0 Å². The quantitative estimate of drug-likeness (QED) is 0.324. The van der Waals surface area contributed by atoms with E-state index in [4.69, 9.17) is 0 Å². The molecule has 0 aliphatic heterocycles. The Balaban J connectivity index is 4.71. The van der Waals surface area contributed by atoms with Crippen LogP contribution in [0.3, 0.4) is 0 Å². The average molecular weight is 139 g/mol. The highest BCUT2D eigenvalue weighted by molar-refractivity contribution is 6.14. The van der Waals surface area contributed by atoms with Crippen LogP contribution in [0.2, 0.25) is 0 Å². The lowest BCUT2D eigenvalue weighted by molar-refractivity contribution is -0.104. The topological polar surface area (TPSA) is 29.4 Å². The molecule has 0 bridgehead atoms. The molecule has 0 aromatic heterocycles. The molecule has 0 saturated carbocycles. The molecule has 10 heavy (non-hydrogen) atoms. The standard InChI is InChI=1S/C8H13NO/c1-6(2)8(5-10)7(3)9-4/h5H,1-4H3. The van der Waals surface area contributed by atoms with Crippen molar-refractivity contribution in [2.45, 2.75) is 20.8 Å². The summed E-state index contributed by atoms with van der Waals surface area (Å²) >= 11 is 0. The molecule has 0 aliphatic rings. The predicted octanol–water partition coefficient (Wildman–Crippen LogP) is 1.61. The highest BCUT2D eigenvalue weighted by atomic mass is 16.1. The van der Waals surface area contributed by atoms with Gasteiger partial charge < -0.3 is 0 Å². The summed E-state index contributed by atoms with van der Waals surface area (Å²) in [5, 5.41) is 0. The van der Waals surface area contributed by atoms with E-state index in [9.17, 15) is 4.79 Å². The van der Waals surface area contributed by atoms with Gasteiger partial charge >= 0.3 is 0 Å². The molecule has 0 fully saturated rings. The van der Waals surface area contributed by atoms with Crippen LogP contribution < -0.4 is 0 Å². The van der Waals surface area contributed by atoms with Gasteiger partial charge in [0.05, 0.1) is 0 Å². The maximum absolute atomic E-state index is 10.4. The third kappa shape index (κ3) is 2.13. The molecule has 0 aromatic carbocycles. The fourth-order valence-electron chi connectivity index (χ4n) is 0.685. The predicted molar refractivity (Wildman–Crippen MR) is 43.5 cm³/mol. The maximum Gasteiger partial charge on any atom is 0.151 e. The van der Waals surface area contributed by atoms with E-state index in [0.29, 0.717) is 5.57 Å². The van der Waals surface area contributed by atoms with Crippen LogP contribution in [-0.4, -0.2) is 19.0 Å². The van der Waals surface area contributed by atoms with E-state index in [1.54, 1.807) is 7.05 Å². The van der Waals surface area contributed by atoms with Crippen LogP contribution in [0.15, 0.2) is 16.1 Å². The summed E-state index contributed by atoms with van der Waals surface area (Å²) in [5.74, 6) is 0. The van der Waals surface area contributed by atoms with E-state index >= 15 is 0 Å². The van der Waals surface area contributed by atoms with Crippen molar-refractivity contribution in [3.8, 4) is 0 Å². The number of hydrogen-bond acceptors (Lipinski definition) is 2. The number of carbonyl (C=O) groups excluding carboxylic acids is 1. The molecule has 0 saturated heterocycles. The lowest BCUT2D eigenvalue weighted by Gasteiger charge is -1.98. The Morgan fingerprint density at radius 2 is 1.80 bits per heavy atom. The Bertz CT molecular complexity index is 185. The van der Waals surface area contributed by atoms with E-state index < -0.39 is 0 Å². The maximum atomic E-state index is 10.4. The fourth-order valence-corrected chi connectivity index (χ4v) is 0.685. The van der Waals surface area contributed by atoms with Crippen molar-refractivity contribution in [1.82, 2.24) is 0 Å². The minimum absolute atomic E-state index is 0.711. The summed E-state index contributed by atoms with van der Waals surface area (Å²) in [5.41, 5.74) is 2.52. The minimum Gasteiger partial charge on any atom is -0.298 e. The summed E-state index contributed by atoms with van der Waals surface area (Å²) in [6.45, 7) is 5.63. The molecule has 0 heterocycles. The first-order valence-corrected chi connectivity index (χ1v) is 3.20. The molecule has 0 aromatic rings. The highest BCUT2D eigenvalue weighted by Crippen LogP contribution is 2.01. The third-order valence-electron chi connectivity index (χ3n) is 1.38. The summed E-state index contributed by atoms with van der Waals surface area (Å²) in [4.78, 5) is 14.3. The Labute approximate surface area is 61.7 Å². The number of allylic oxidation sites excluding steroid dienone is 2. The monoisotopic (exact) mass is 139 g/mol. The second kappa shape index (κ2) is 3.99. The molecule has 2 nitrogen and oxygen atoms in total. The first kappa shape index (κ1) is 9.08. The van der Waals surface area contributed by atoms with Crippen molar-refractivity contribution in [2.24, 2.45) is 4.99 Å². The van der Waals surface area contributed by atoms with Gasteiger partial charge in [0.1, 0.15) is 0 Å². The molecule has 0 atom stereocenters. The number of carbonyl (C=O) groups is 1. The van der Waals surface area contributed by atoms with Crippen LogP contribution in [0.4, 0.5) is 0 Å². The summed E-state index contributed by atoms with van der Waals surface area (Å²) in [7, 11) is 1.68. The van der Waals surface area contributed by atoms with Crippen molar-refractivity contribution in [3.05, 3.63) is 11.1 Å². The molecule has 0 aliphatic carbocycles. The van der Waals surface area contributed by atoms with Crippen LogP contribution in [0.1, 0.15) is 20.8 Å². The molecular formula is C8H13NO. The molecule has 0 unspecified atom stereocenters. The van der Waals surface area contributed by atoms with Crippen molar-refractivity contribution >= 4 is 12.0 Å². The largest absolute Gasteiger partial charge is 0.298 e. The summed E-state index contributed by atoms with van der Waals surface area (Å²) < 4.78 is 0. The van der Waals surface area contributed by atoms with Crippen molar-refractivity contribution in [1.29, 1.82) is 0 Å². The van der Waals surface area contributed by atoms with Crippen LogP contribution in [0, 0.1) is 0 Å². The Morgan fingerprint density at radius 1 is 1.30 bits per heavy atom. The SMILES string of the molecule is CN=C(C)C(C=O)=C(C)C. The highest BCUT2D eigenvalue weighted by Gasteiger charge is 1.99. The molecule has 0 N–H and O–H groups in total. The second-order valence-corrected chi connectivity index (χ2v) is 2.34. The minimum atomic E-state index is 0.711. The van der Waals surface area contributed by atoms with Crippen LogP contribution in [-0.2, 0) is 4.79 Å². The Kier molecular flexibility index (Phi) is 3.62. The lowest BCUT2D eigenvalue weighted by Crippen LogP contribution is -2.00. The van der Waals surface area contributed by atoms with Gasteiger partial charge in [0.15, 0.2) is 6.29 Å². The zero-order chi connectivity index (χ0) is 8.15. The van der Waals surface area contributed by atoms with Crippen molar-refractivity contribution in [2.75, 3.05) is 7.05 Å². The van der Waals surface area contributed by atoms with Gasteiger partial charge in [-0.25, -0.2) is 0 Å². The van der Waals surface area contributed by atoms with Gasteiger partial charge in [-0.2, -0.15) is 0 Å². The van der Waals surface area contributed by atoms with Crippen LogP contribution >= 0.6 is 0 Å². The van der Waals surface area contributed by atoms with Gasteiger partial charge in [-0.1, -0.05) is 5.57 Å². The number of aldehydes is 1. The summed E-state index contributed by atoms with van der Waals surface area (Å²) in [6, 6.07) is 0. The van der Waals surface area contributed by atoms with Gasteiger partial charge in [0.25, 0.3) is 0 Å². The first-order chi connectivity index (χ1) is 4.63. The first-order valence-electron chi connectivity index (χ1n) is 3.20. The Morgan fingerprint density at radius 3 is 1.90 bits per heavy atom. The summed E-state index contributed by atoms with van der Waals surface area (Å²) in [6.07, 6.45) is 0.845. The zero-order valence-electron chi connectivity index (χ0n) is 6.93. The van der Waals surface area contributed by atoms with Gasteiger partial charge in [0.2, 0.25) is 0 Å². The van der Waals surface area contributed by atoms with E-state index in [2.05, 4.69) is 4.99 Å². The molecule has 2 heteroatoms. The number of rotatable bonds is 2. The molecule has 0 amide bonds. The van der Waals surface area contributed by atoms with Gasteiger partial charge in [-0.3, -0.25) is 9.79 Å². The van der Waals surface area contributed by atoms with Crippen LogP contribution in [0.25, 0.3) is 0 Å². The van der Waals surface area contributed by atoms with Gasteiger partial charge in [0, 0.05) is 18.3 Å². The second-order valence-electron chi connectivity index (χ2n) is 2.34. The van der Waals surface area contributed by atoms with E-state index in [1.165, 1.54) is 0 Å². The molecule has 56 valence electrons. The number of hydrogen-bond donors (Lipinski definition) is 0. The van der Waals surface area contributed by atoms with E-state index in [1.807, 2.05) is 20.8 Å². The number of nitrogens with zero attached hydrogens (tertiary/aromatic N) is 1. The number of aliphatic imine (C=N–C) groups is 1. The van der Waals surface area contributed by atoms with E-state index in [0.717, 1.165) is 17.6 Å². The van der Waals surface area contributed by atoms with Gasteiger partial charge in [-0.15, -0.1) is 0 Å². The zero-order valence-corrected chi connectivity index (χ0v) is 6.93. The fraction of sp³-hybridized carbons (Fsp3) is 0.500. The van der Waals surface area contributed by atoms with E-state index in [-0.39, 0.29) is 0 Å².